The van der Waals surface area contributed by atoms with Gasteiger partial charge in [-0.25, -0.2) is 14.8 Å². The van der Waals surface area contributed by atoms with Crippen LogP contribution in [0.2, 0.25) is 0 Å². The largest absolute Gasteiger partial charge is 0.462 e. The minimum atomic E-state index is -0.398. The molecule has 128 valence electrons. The van der Waals surface area contributed by atoms with Crippen LogP contribution in [0.5, 0.6) is 0 Å². The maximum Gasteiger partial charge on any atom is 0.341 e. The van der Waals surface area contributed by atoms with Crippen molar-refractivity contribution in [2.45, 2.75) is 13.0 Å². The smallest absolute Gasteiger partial charge is 0.341 e. The summed E-state index contributed by atoms with van der Waals surface area (Å²) in [4.78, 5) is 21.0. The minimum absolute atomic E-state index is 0.246. The number of benzene rings is 1. The molecule has 2 heterocycles. The van der Waals surface area contributed by atoms with Crippen molar-refractivity contribution in [1.29, 1.82) is 0 Å². The van der Waals surface area contributed by atoms with Gasteiger partial charge >= 0.3 is 5.97 Å². The molecule has 0 amide bonds. The van der Waals surface area contributed by atoms with E-state index < -0.39 is 5.97 Å². The van der Waals surface area contributed by atoms with Gasteiger partial charge in [0.1, 0.15) is 23.2 Å². The monoisotopic (exact) mass is 336 g/mol. The van der Waals surface area contributed by atoms with Crippen molar-refractivity contribution in [3.05, 3.63) is 78.0 Å². The number of rotatable bonds is 6. The highest BCUT2D eigenvalue weighted by atomic mass is 16.5. The average molecular weight is 336 g/mol. The zero-order chi connectivity index (χ0) is 17.6. The van der Waals surface area contributed by atoms with Gasteiger partial charge < -0.3 is 14.6 Å². The summed E-state index contributed by atoms with van der Waals surface area (Å²) in [6, 6.07) is 13.1. The summed E-state index contributed by atoms with van der Waals surface area (Å²) < 4.78 is 7.07. The SMILES string of the molecule is CCOC(=O)c1cccnc1NC(c1ccccc1)c1nccn1C. The third-order valence-electron chi connectivity index (χ3n) is 3.83. The fourth-order valence-electron chi connectivity index (χ4n) is 2.63. The van der Waals surface area contributed by atoms with E-state index in [0.29, 0.717) is 18.0 Å². The van der Waals surface area contributed by atoms with Gasteiger partial charge in [0.2, 0.25) is 0 Å². The summed E-state index contributed by atoms with van der Waals surface area (Å²) >= 11 is 0. The van der Waals surface area contributed by atoms with Gasteiger partial charge in [-0.3, -0.25) is 0 Å². The van der Waals surface area contributed by atoms with Crippen LogP contribution in [-0.2, 0) is 11.8 Å². The lowest BCUT2D eigenvalue weighted by molar-refractivity contribution is 0.0527. The van der Waals surface area contributed by atoms with E-state index in [0.717, 1.165) is 11.4 Å². The first-order valence-electron chi connectivity index (χ1n) is 8.11. The van der Waals surface area contributed by atoms with Gasteiger partial charge in [0.05, 0.1) is 6.61 Å². The molecule has 0 radical (unpaired) electrons. The third-order valence-corrected chi connectivity index (χ3v) is 3.83. The summed E-state index contributed by atoms with van der Waals surface area (Å²) in [6.45, 7) is 2.09. The maximum absolute atomic E-state index is 12.2. The predicted molar refractivity (Wildman–Crippen MR) is 95.3 cm³/mol. The van der Waals surface area contributed by atoms with Crippen LogP contribution in [-0.4, -0.2) is 27.1 Å². The number of anilines is 1. The summed E-state index contributed by atoms with van der Waals surface area (Å²) in [5.74, 6) is 0.897. The zero-order valence-corrected chi connectivity index (χ0v) is 14.2. The summed E-state index contributed by atoms with van der Waals surface area (Å²) in [6.07, 6.45) is 5.28. The number of hydrogen-bond acceptors (Lipinski definition) is 5. The molecule has 0 aliphatic rings. The molecule has 0 saturated carbocycles. The number of nitrogens with zero attached hydrogens (tertiary/aromatic N) is 3. The van der Waals surface area contributed by atoms with Crippen LogP contribution in [0.25, 0.3) is 0 Å². The Bertz CT molecular complexity index is 845. The predicted octanol–water partition coefficient (Wildman–Crippen LogP) is 3.19. The lowest BCUT2D eigenvalue weighted by Gasteiger charge is -2.21. The van der Waals surface area contributed by atoms with E-state index in [9.17, 15) is 4.79 Å². The Morgan fingerprint density at radius 3 is 2.64 bits per heavy atom. The number of esters is 1. The van der Waals surface area contributed by atoms with Gasteiger partial charge in [0.25, 0.3) is 0 Å². The highest BCUT2D eigenvalue weighted by molar-refractivity contribution is 5.94. The van der Waals surface area contributed by atoms with Crippen LogP contribution < -0.4 is 5.32 Å². The van der Waals surface area contributed by atoms with Crippen molar-refractivity contribution in [2.24, 2.45) is 7.05 Å². The van der Waals surface area contributed by atoms with E-state index >= 15 is 0 Å². The van der Waals surface area contributed by atoms with Crippen LogP contribution in [0, 0.1) is 0 Å². The first-order valence-corrected chi connectivity index (χ1v) is 8.11. The summed E-state index contributed by atoms with van der Waals surface area (Å²) in [5.41, 5.74) is 1.43. The molecule has 1 N–H and O–H groups in total. The standard InChI is InChI=1S/C19H20N4O2/c1-3-25-19(24)15-10-7-11-20-17(15)22-16(14-8-5-4-6-9-14)18-21-12-13-23(18)2/h4-13,16H,3H2,1-2H3,(H,20,22). The van der Waals surface area contributed by atoms with Crippen LogP contribution in [0.1, 0.15) is 34.7 Å². The van der Waals surface area contributed by atoms with Gasteiger partial charge in [0.15, 0.2) is 0 Å². The number of ether oxygens (including phenoxy) is 1. The maximum atomic E-state index is 12.2. The molecule has 1 unspecified atom stereocenters. The van der Waals surface area contributed by atoms with Crippen LogP contribution in [0.4, 0.5) is 5.82 Å². The fraction of sp³-hybridized carbons (Fsp3) is 0.211. The first-order chi connectivity index (χ1) is 12.2. The molecule has 3 rings (SSSR count). The van der Waals surface area contributed by atoms with E-state index in [1.54, 1.807) is 31.5 Å². The molecule has 0 aliphatic carbocycles. The normalized spacial score (nSPS) is 11.8. The number of carbonyl (C=O) groups excluding carboxylic acids is 1. The number of aryl methyl sites for hydroxylation is 1. The minimum Gasteiger partial charge on any atom is -0.462 e. The van der Waals surface area contributed by atoms with Crippen molar-refractivity contribution >= 4 is 11.8 Å². The van der Waals surface area contributed by atoms with Gasteiger partial charge in [-0.05, 0) is 24.6 Å². The number of pyridine rings is 1. The molecule has 3 aromatic rings. The molecule has 25 heavy (non-hydrogen) atoms. The van der Waals surface area contributed by atoms with E-state index in [-0.39, 0.29) is 6.04 Å². The second-order valence-electron chi connectivity index (χ2n) is 5.50. The molecular formula is C19H20N4O2. The molecule has 0 saturated heterocycles. The number of imidazole rings is 1. The molecule has 6 heteroatoms. The topological polar surface area (TPSA) is 69.0 Å². The molecule has 1 aromatic carbocycles. The number of aromatic nitrogens is 3. The second kappa shape index (κ2) is 7.61. The Hall–Kier alpha value is -3.15. The molecule has 2 aromatic heterocycles. The Balaban J connectivity index is 2.00. The quantitative estimate of drug-likeness (QED) is 0.700. The first kappa shape index (κ1) is 16.7. The van der Waals surface area contributed by atoms with Crippen molar-refractivity contribution in [1.82, 2.24) is 14.5 Å². The Kier molecular flexibility index (Phi) is 5.09. The number of hydrogen-bond donors (Lipinski definition) is 1. The molecule has 0 spiro atoms. The Labute approximate surface area is 146 Å². The molecule has 6 nitrogen and oxygen atoms in total. The van der Waals surface area contributed by atoms with Crippen LogP contribution in [0.15, 0.2) is 61.1 Å². The van der Waals surface area contributed by atoms with Gasteiger partial charge in [0, 0.05) is 25.6 Å². The molecule has 0 fully saturated rings. The van der Waals surface area contributed by atoms with Crippen molar-refractivity contribution in [3.8, 4) is 0 Å². The van der Waals surface area contributed by atoms with Crippen LogP contribution >= 0.6 is 0 Å². The van der Waals surface area contributed by atoms with E-state index in [2.05, 4.69) is 15.3 Å². The Morgan fingerprint density at radius 1 is 1.16 bits per heavy atom. The summed E-state index contributed by atoms with van der Waals surface area (Å²) in [7, 11) is 1.94. The van der Waals surface area contributed by atoms with Crippen LogP contribution in [0.3, 0.4) is 0 Å². The number of nitrogens with one attached hydrogen (secondary N) is 1. The third kappa shape index (κ3) is 3.68. The van der Waals surface area contributed by atoms with E-state index in [1.165, 1.54) is 0 Å². The van der Waals surface area contributed by atoms with Gasteiger partial charge in [-0.15, -0.1) is 0 Å². The highest BCUT2D eigenvalue weighted by Gasteiger charge is 2.22. The van der Waals surface area contributed by atoms with Gasteiger partial charge in [-0.1, -0.05) is 30.3 Å². The fourth-order valence-corrected chi connectivity index (χ4v) is 2.63. The molecule has 1 atom stereocenters. The lowest BCUT2D eigenvalue weighted by Crippen LogP contribution is -2.19. The average Bonchev–Trinajstić information content (AvgIpc) is 3.06. The van der Waals surface area contributed by atoms with E-state index in [4.69, 9.17) is 4.74 Å². The number of carbonyl (C=O) groups is 1. The summed E-state index contributed by atoms with van der Waals surface area (Å²) in [5, 5.41) is 3.35. The van der Waals surface area contributed by atoms with E-state index in [1.807, 2.05) is 48.1 Å². The van der Waals surface area contributed by atoms with Crippen molar-refractivity contribution in [3.63, 3.8) is 0 Å². The molecule has 0 bridgehead atoms. The van der Waals surface area contributed by atoms with Gasteiger partial charge in [-0.2, -0.15) is 0 Å². The molecular weight excluding hydrogens is 316 g/mol. The molecule has 0 aliphatic heterocycles. The second-order valence-corrected chi connectivity index (χ2v) is 5.50. The van der Waals surface area contributed by atoms with Crippen molar-refractivity contribution < 1.29 is 9.53 Å². The lowest BCUT2D eigenvalue weighted by atomic mass is 10.1. The Morgan fingerprint density at radius 2 is 1.96 bits per heavy atom. The highest BCUT2D eigenvalue weighted by Crippen LogP contribution is 2.26. The van der Waals surface area contributed by atoms with Crippen molar-refractivity contribution in [2.75, 3.05) is 11.9 Å². The zero-order valence-electron chi connectivity index (χ0n) is 14.2.